The van der Waals surface area contributed by atoms with Gasteiger partial charge >= 0.3 is 0 Å². The van der Waals surface area contributed by atoms with E-state index in [2.05, 4.69) is 4.98 Å². The van der Waals surface area contributed by atoms with Crippen molar-refractivity contribution < 1.29 is 9.18 Å². The number of thiazole rings is 1. The Bertz CT molecular complexity index is 644. The molecule has 0 aliphatic rings. The van der Waals surface area contributed by atoms with Gasteiger partial charge < -0.3 is 10.6 Å². The number of amides is 1. The Morgan fingerprint density at radius 3 is 2.87 bits per heavy atom. The molecule has 1 aromatic carbocycles. The minimum atomic E-state index is -0.248. The van der Waals surface area contributed by atoms with Gasteiger partial charge in [0.15, 0.2) is 0 Å². The summed E-state index contributed by atoms with van der Waals surface area (Å²) in [5.74, 6) is -0.315. The van der Waals surface area contributed by atoms with E-state index < -0.39 is 0 Å². The zero-order valence-electron chi connectivity index (χ0n) is 13.3. The van der Waals surface area contributed by atoms with Crippen LogP contribution in [0.3, 0.4) is 0 Å². The van der Waals surface area contributed by atoms with Crippen LogP contribution in [0.2, 0.25) is 0 Å². The third-order valence-electron chi connectivity index (χ3n) is 3.47. The first-order valence-electron chi connectivity index (χ1n) is 7.82. The highest BCUT2D eigenvalue weighted by atomic mass is 32.1. The summed E-state index contributed by atoms with van der Waals surface area (Å²) in [6, 6.07) is 6.50. The van der Waals surface area contributed by atoms with Crippen molar-refractivity contribution in [3.63, 3.8) is 0 Å². The number of carbonyl (C=O) groups excluding carboxylic acids is 1. The molecular weight excluding hydrogens is 313 g/mol. The molecule has 0 saturated carbocycles. The zero-order valence-corrected chi connectivity index (χ0v) is 14.1. The second-order valence-corrected chi connectivity index (χ2v) is 6.28. The van der Waals surface area contributed by atoms with Crippen molar-refractivity contribution in [1.82, 2.24) is 9.88 Å². The van der Waals surface area contributed by atoms with Gasteiger partial charge in [-0.3, -0.25) is 4.79 Å². The molecule has 2 N–H and O–H groups in total. The van der Waals surface area contributed by atoms with E-state index in [-0.39, 0.29) is 11.7 Å². The second kappa shape index (κ2) is 8.74. The van der Waals surface area contributed by atoms with E-state index in [4.69, 9.17) is 5.73 Å². The lowest BCUT2D eigenvalue weighted by Crippen LogP contribution is -2.34. The lowest BCUT2D eigenvalue weighted by Gasteiger charge is -2.21. The van der Waals surface area contributed by atoms with Crippen LogP contribution in [0.25, 0.3) is 0 Å². The van der Waals surface area contributed by atoms with Gasteiger partial charge in [0.05, 0.1) is 5.01 Å². The molecule has 0 fully saturated rings. The number of nitrogens with zero attached hydrogens (tertiary/aromatic N) is 2. The minimum Gasteiger partial charge on any atom is -0.337 e. The van der Waals surface area contributed by atoms with Crippen LogP contribution in [-0.2, 0) is 12.8 Å². The molecule has 124 valence electrons. The molecule has 1 aromatic heterocycles. The third kappa shape index (κ3) is 5.11. The van der Waals surface area contributed by atoms with Gasteiger partial charge in [0, 0.05) is 24.9 Å². The normalized spacial score (nSPS) is 10.7. The summed E-state index contributed by atoms with van der Waals surface area (Å²) >= 11 is 1.47. The van der Waals surface area contributed by atoms with Crippen molar-refractivity contribution in [1.29, 1.82) is 0 Å². The van der Waals surface area contributed by atoms with Crippen LogP contribution in [0.1, 0.15) is 34.4 Å². The van der Waals surface area contributed by atoms with Crippen molar-refractivity contribution >= 4 is 17.2 Å². The topological polar surface area (TPSA) is 59.2 Å². The number of rotatable bonds is 8. The molecule has 23 heavy (non-hydrogen) atoms. The zero-order chi connectivity index (χ0) is 16.7. The average Bonchev–Trinajstić information content (AvgIpc) is 3.00. The van der Waals surface area contributed by atoms with E-state index in [9.17, 15) is 9.18 Å². The lowest BCUT2D eigenvalue weighted by atomic mass is 10.1. The van der Waals surface area contributed by atoms with Gasteiger partial charge in [-0.1, -0.05) is 19.1 Å². The molecule has 4 nitrogen and oxygen atoms in total. The van der Waals surface area contributed by atoms with Crippen molar-refractivity contribution in [2.75, 3.05) is 19.6 Å². The SMILES string of the molecule is CCCN(CCc1cccc(F)c1)C(=O)c1csc(CCN)n1. The molecule has 2 rings (SSSR count). The highest BCUT2D eigenvalue weighted by molar-refractivity contribution is 7.09. The molecule has 0 spiro atoms. The van der Waals surface area contributed by atoms with Crippen LogP contribution in [0, 0.1) is 5.82 Å². The molecule has 0 unspecified atom stereocenters. The summed E-state index contributed by atoms with van der Waals surface area (Å²) in [5, 5.41) is 2.68. The molecule has 1 heterocycles. The summed E-state index contributed by atoms with van der Waals surface area (Å²) in [6.45, 7) is 3.78. The quantitative estimate of drug-likeness (QED) is 0.807. The number of hydrogen-bond donors (Lipinski definition) is 1. The molecule has 0 atom stereocenters. The minimum absolute atomic E-state index is 0.0669. The van der Waals surface area contributed by atoms with Gasteiger partial charge in [-0.05, 0) is 37.1 Å². The van der Waals surface area contributed by atoms with Gasteiger partial charge in [-0.25, -0.2) is 9.37 Å². The fourth-order valence-electron chi connectivity index (χ4n) is 2.35. The first kappa shape index (κ1) is 17.6. The molecule has 0 saturated heterocycles. The first-order valence-corrected chi connectivity index (χ1v) is 8.70. The van der Waals surface area contributed by atoms with Gasteiger partial charge in [0.25, 0.3) is 5.91 Å². The molecule has 2 aromatic rings. The lowest BCUT2D eigenvalue weighted by molar-refractivity contribution is 0.0752. The molecule has 0 aliphatic carbocycles. The number of halogens is 1. The third-order valence-corrected chi connectivity index (χ3v) is 4.38. The number of aromatic nitrogens is 1. The Balaban J connectivity index is 2.02. The standard InChI is InChI=1S/C17H22FN3OS/c1-2-9-21(10-7-13-4-3-5-14(18)11-13)17(22)15-12-23-16(20-15)6-8-19/h3-5,11-12H,2,6-10,19H2,1H3. The predicted molar refractivity (Wildman–Crippen MR) is 91.2 cm³/mol. The van der Waals surface area contributed by atoms with E-state index in [0.29, 0.717) is 38.2 Å². The van der Waals surface area contributed by atoms with Crippen molar-refractivity contribution in [3.8, 4) is 0 Å². The van der Waals surface area contributed by atoms with Crippen molar-refractivity contribution in [2.45, 2.75) is 26.2 Å². The van der Waals surface area contributed by atoms with E-state index in [0.717, 1.165) is 17.0 Å². The summed E-state index contributed by atoms with van der Waals surface area (Å²) < 4.78 is 13.2. The maximum Gasteiger partial charge on any atom is 0.273 e. The average molecular weight is 335 g/mol. The summed E-state index contributed by atoms with van der Waals surface area (Å²) in [4.78, 5) is 18.7. The number of benzene rings is 1. The monoisotopic (exact) mass is 335 g/mol. The highest BCUT2D eigenvalue weighted by Crippen LogP contribution is 2.13. The van der Waals surface area contributed by atoms with Gasteiger partial charge in [-0.15, -0.1) is 11.3 Å². The second-order valence-electron chi connectivity index (χ2n) is 5.34. The number of nitrogens with two attached hydrogens (primary N) is 1. The van der Waals surface area contributed by atoms with Crippen LogP contribution in [0.5, 0.6) is 0 Å². The van der Waals surface area contributed by atoms with Crippen LogP contribution in [-0.4, -0.2) is 35.4 Å². The Morgan fingerprint density at radius 2 is 2.17 bits per heavy atom. The maximum atomic E-state index is 13.2. The van der Waals surface area contributed by atoms with Crippen LogP contribution in [0.15, 0.2) is 29.6 Å². The summed E-state index contributed by atoms with van der Waals surface area (Å²) in [7, 11) is 0. The molecule has 0 radical (unpaired) electrons. The van der Waals surface area contributed by atoms with E-state index in [1.165, 1.54) is 23.5 Å². The fraction of sp³-hybridized carbons (Fsp3) is 0.412. The van der Waals surface area contributed by atoms with Crippen molar-refractivity contribution in [2.24, 2.45) is 5.73 Å². The molecule has 1 amide bonds. The number of hydrogen-bond acceptors (Lipinski definition) is 4. The van der Waals surface area contributed by atoms with Crippen LogP contribution < -0.4 is 5.73 Å². The molecular formula is C17H22FN3OS. The number of carbonyl (C=O) groups is 1. The Hall–Kier alpha value is -1.79. The molecule has 0 aliphatic heterocycles. The smallest absolute Gasteiger partial charge is 0.273 e. The summed E-state index contributed by atoms with van der Waals surface area (Å²) in [5.41, 5.74) is 6.89. The summed E-state index contributed by atoms with van der Waals surface area (Å²) in [6.07, 6.45) is 2.19. The van der Waals surface area contributed by atoms with Gasteiger partial charge in [0.2, 0.25) is 0 Å². The maximum absolute atomic E-state index is 13.2. The van der Waals surface area contributed by atoms with E-state index in [1.54, 1.807) is 16.3 Å². The first-order chi connectivity index (χ1) is 11.1. The highest BCUT2D eigenvalue weighted by Gasteiger charge is 2.18. The van der Waals surface area contributed by atoms with Gasteiger partial charge in [0.1, 0.15) is 11.5 Å². The fourth-order valence-corrected chi connectivity index (χ4v) is 3.14. The van der Waals surface area contributed by atoms with E-state index in [1.807, 2.05) is 13.0 Å². The molecule has 0 bridgehead atoms. The van der Waals surface area contributed by atoms with Gasteiger partial charge in [-0.2, -0.15) is 0 Å². The van der Waals surface area contributed by atoms with Crippen LogP contribution in [0.4, 0.5) is 4.39 Å². The molecule has 6 heteroatoms. The predicted octanol–water partition coefficient (Wildman–Crippen LogP) is 2.88. The van der Waals surface area contributed by atoms with Crippen molar-refractivity contribution in [3.05, 3.63) is 51.7 Å². The largest absolute Gasteiger partial charge is 0.337 e. The Morgan fingerprint density at radius 1 is 1.35 bits per heavy atom. The van der Waals surface area contributed by atoms with E-state index >= 15 is 0 Å². The van der Waals surface area contributed by atoms with Crippen LogP contribution >= 0.6 is 11.3 Å². The Kier molecular flexibility index (Phi) is 6.67. The Labute approximate surface area is 140 Å².